The molecule has 0 aromatic heterocycles. The standard InChI is InChI=1S/C18H27N3O4/c1-4-7-19-17(22)11-14-12-25-16-6-5-13(10-15(16)21(14)2)18(23)20-8-9-24-3/h5-6,10,14H,4,7-9,11-12H2,1-3H3,(H,19,22)(H,20,23)/t14-/m1/s1. The zero-order chi connectivity index (χ0) is 18.2. The lowest BCUT2D eigenvalue weighted by atomic mass is 10.1. The maximum atomic E-state index is 12.2. The molecule has 2 rings (SSSR count). The van der Waals surface area contributed by atoms with Crippen LogP contribution in [0.4, 0.5) is 5.69 Å². The molecule has 1 aromatic rings. The zero-order valence-electron chi connectivity index (χ0n) is 15.1. The Hall–Kier alpha value is -2.28. The van der Waals surface area contributed by atoms with Crippen molar-refractivity contribution in [2.24, 2.45) is 0 Å². The molecule has 1 atom stereocenters. The average molecular weight is 349 g/mol. The van der Waals surface area contributed by atoms with Crippen LogP contribution in [-0.4, -0.2) is 58.3 Å². The Kier molecular flexibility index (Phi) is 7.06. The minimum atomic E-state index is -0.156. The average Bonchev–Trinajstić information content (AvgIpc) is 2.62. The van der Waals surface area contributed by atoms with Crippen molar-refractivity contribution in [1.29, 1.82) is 0 Å². The summed E-state index contributed by atoms with van der Waals surface area (Å²) in [5, 5.41) is 5.69. The van der Waals surface area contributed by atoms with Gasteiger partial charge in [-0.2, -0.15) is 0 Å². The summed E-state index contributed by atoms with van der Waals surface area (Å²) in [6.07, 6.45) is 1.27. The van der Waals surface area contributed by atoms with E-state index in [2.05, 4.69) is 10.6 Å². The molecule has 7 heteroatoms. The Balaban J connectivity index is 2.05. The van der Waals surface area contributed by atoms with Gasteiger partial charge in [0.2, 0.25) is 5.91 Å². The predicted octanol–water partition coefficient (Wildman–Crippen LogP) is 1.18. The van der Waals surface area contributed by atoms with Gasteiger partial charge in [0.25, 0.3) is 5.91 Å². The molecule has 2 N–H and O–H groups in total. The van der Waals surface area contributed by atoms with E-state index in [1.54, 1.807) is 25.3 Å². The number of carbonyl (C=O) groups is 2. The molecule has 1 aromatic carbocycles. The Morgan fingerprint density at radius 1 is 1.32 bits per heavy atom. The number of carbonyl (C=O) groups excluding carboxylic acids is 2. The van der Waals surface area contributed by atoms with Crippen LogP contribution in [0.2, 0.25) is 0 Å². The van der Waals surface area contributed by atoms with E-state index in [9.17, 15) is 9.59 Å². The van der Waals surface area contributed by atoms with Crippen molar-refractivity contribution in [1.82, 2.24) is 10.6 Å². The molecule has 7 nitrogen and oxygen atoms in total. The Labute approximate surface area is 148 Å². The van der Waals surface area contributed by atoms with Crippen LogP contribution in [0, 0.1) is 0 Å². The minimum Gasteiger partial charge on any atom is -0.489 e. The fraction of sp³-hybridized carbons (Fsp3) is 0.556. The van der Waals surface area contributed by atoms with Crippen molar-refractivity contribution in [3.05, 3.63) is 23.8 Å². The van der Waals surface area contributed by atoms with Gasteiger partial charge in [-0.3, -0.25) is 9.59 Å². The Morgan fingerprint density at radius 2 is 2.12 bits per heavy atom. The first-order valence-electron chi connectivity index (χ1n) is 8.60. The van der Waals surface area contributed by atoms with Crippen molar-refractivity contribution in [3.8, 4) is 5.75 Å². The van der Waals surface area contributed by atoms with Gasteiger partial charge in [0.05, 0.1) is 24.8 Å². The van der Waals surface area contributed by atoms with E-state index in [4.69, 9.17) is 9.47 Å². The molecule has 25 heavy (non-hydrogen) atoms. The summed E-state index contributed by atoms with van der Waals surface area (Å²) in [6.45, 7) is 4.07. The smallest absolute Gasteiger partial charge is 0.251 e. The summed E-state index contributed by atoms with van der Waals surface area (Å²) in [5.41, 5.74) is 1.38. The van der Waals surface area contributed by atoms with Crippen LogP contribution >= 0.6 is 0 Å². The quantitative estimate of drug-likeness (QED) is 0.689. The highest BCUT2D eigenvalue weighted by Gasteiger charge is 2.27. The maximum Gasteiger partial charge on any atom is 0.251 e. The van der Waals surface area contributed by atoms with Crippen molar-refractivity contribution in [2.45, 2.75) is 25.8 Å². The molecule has 0 fully saturated rings. The monoisotopic (exact) mass is 349 g/mol. The lowest BCUT2D eigenvalue weighted by Gasteiger charge is -2.35. The van der Waals surface area contributed by atoms with Crippen LogP contribution in [0.3, 0.4) is 0 Å². The molecule has 0 unspecified atom stereocenters. The third-order valence-electron chi connectivity index (χ3n) is 4.16. The Morgan fingerprint density at radius 3 is 2.84 bits per heavy atom. The lowest BCUT2D eigenvalue weighted by molar-refractivity contribution is -0.121. The number of amides is 2. The van der Waals surface area contributed by atoms with Crippen LogP contribution in [0.1, 0.15) is 30.1 Å². The lowest BCUT2D eigenvalue weighted by Crippen LogP contribution is -2.44. The molecular formula is C18H27N3O4. The van der Waals surface area contributed by atoms with E-state index in [1.807, 2.05) is 18.9 Å². The number of fused-ring (bicyclic) bond motifs is 1. The summed E-state index contributed by atoms with van der Waals surface area (Å²) >= 11 is 0. The molecular weight excluding hydrogens is 322 g/mol. The van der Waals surface area contributed by atoms with Gasteiger partial charge in [-0.15, -0.1) is 0 Å². The molecule has 0 spiro atoms. The van der Waals surface area contributed by atoms with Gasteiger partial charge in [-0.05, 0) is 24.6 Å². The molecule has 0 saturated heterocycles. The number of ether oxygens (including phenoxy) is 2. The number of hydrogen-bond donors (Lipinski definition) is 2. The fourth-order valence-electron chi connectivity index (χ4n) is 2.67. The first-order chi connectivity index (χ1) is 12.1. The highest BCUT2D eigenvalue weighted by molar-refractivity contribution is 5.95. The number of likely N-dealkylation sites (N-methyl/N-ethyl adjacent to an activating group) is 1. The zero-order valence-corrected chi connectivity index (χ0v) is 15.1. The van der Waals surface area contributed by atoms with Crippen molar-refractivity contribution in [3.63, 3.8) is 0 Å². The summed E-state index contributed by atoms with van der Waals surface area (Å²) in [6, 6.07) is 5.28. The van der Waals surface area contributed by atoms with Crippen molar-refractivity contribution in [2.75, 3.05) is 45.4 Å². The summed E-state index contributed by atoms with van der Waals surface area (Å²) in [5.74, 6) is 0.580. The highest BCUT2D eigenvalue weighted by Crippen LogP contribution is 2.34. The van der Waals surface area contributed by atoms with Gasteiger partial charge in [-0.1, -0.05) is 6.92 Å². The highest BCUT2D eigenvalue weighted by atomic mass is 16.5. The molecule has 1 aliphatic rings. The SMILES string of the molecule is CCCNC(=O)C[C@@H]1COc2ccc(C(=O)NCCOC)cc2N1C. The van der Waals surface area contributed by atoms with Crippen molar-refractivity contribution < 1.29 is 19.1 Å². The first-order valence-corrected chi connectivity index (χ1v) is 8.60. The number of methoxy groups -OCH3 is 1. The normalized spacial score (nSPS) is 16.0. The molecule has 2 amide bonds. The van der Waals surface area contributed by atoms with Crippen LogP contribution in [0.15, 0.2) is 18.2 Å². The topological polar surface area (TPSA) is 79.9 Å². The summed E-state index contributed by atoms with van der Waals surface area (Å²) < 4.78 is 10.7. The van der Waals surface area contributed by atoms with Crippen LogP contribution in [0.25, 0.3) is 0 Å². The third-order valence-corrected chi connectivity index (χ3v) is 4.16. The van der Waals surface area contributed by atoms with Crippen molar-refractivity contribution >= 4 is 17.5 Å². The predicted molar refractivity (Wildman–Crippen MR) is 96.3 cm³/mol. The first kappa shape index (κ1) is 19.1. The molecule has 138 valence electrons. The maximum absolute atomic E-state index is 12.2. The molecule has 0 radical (unpaired) electrons. The second-order valence-corrected chi connectivity index (χ2v) is 6.06. The molecule has 1 heterocycles. The largest absolute Gasteiger partial charge is 0.489 e. The number of benzene rings is 1. The number of nitrogens with zero attached hydrogens (tertiary/aromatic N) is 1. The van der Waals surface area contributed by atoms with E-state index in [0.29, 0.717) is 38.3 Å². The van der Waals surface area contributed by atoms with E-state index in [0.717, 1.165) is 17.9 Å². The Bertz CT molecular complexity index is 606. The van der Waals surface area contributed by atoms with E-state index in [-0.39, 0.29) is 17.9 Å². The van der Waals surface area contributed by atoms with E-state index >= 15 is 0 Å². The number of rotatable bonds is 8. The summed E-state index contributed by atoms with van der Waals surface area (Å²) in [7, 11) is 3.51. The second kappa shape index (κ2) is 9.27. The number of nitrogens with one attached hydrogen (secondary N) is 2. The molecule has 1 aliphatic heterocycles. The van der Waals surface area contributed by atoms with Crippen LogP contribution in [-0.2, 0) is 9.53 Å². The van der Waals surface area contributed by atoms with Gasteiger partial charge in [0, 0.05) is 32.8 Å². The second-order valence-electron chi connectivity index (χ2n) is 6.06. The molecule has 0 bridgehead atoms. The number of hydrogen-bond acceptors (Lipinski definition) is 5. The fourth-order valence-corrected chi connectivity index (χ4v) is 2.67. The van der Waals surface area contributed by atoms with Gasteiger partial charge in [0.1, 0.15) is 12.4 Å². The third kappa shape index (κ3) is 5.09. The minimum absolute atomic E-state index is 0.0132. The van der Waals surface area contributed by atoms with E-state index in [1.165, 1.54) is 0 Å². The van der Waals surface area contributed by atoms with Gasteiger partial charge >= 0.3 is 0 Å². The van der Waals surface area contributed by atoms with Crippen LogP contribution < -0.4 is 20.3 Å². The molecule has 0 aliphatic carbocycles. The van der Waals surface area contributed by atoms with Crippen LogP contribution in [0.5, 0.6) is 5.75 Å². The molecule has 0 saturated carbocycles. The van der Waals surface area contributed by atoms with Gasteiger partial charge in [0.15, 0.2) is 0 Å². The van der Waals surface area contributed by atoms with Gasteiger partial charge < -0.3 is 25.0 Å². The van der Waals surface area contributed by atoms with E-state index < -0.39 is 0 Å². The summed E-state index contributed by atoms with van der Waals surface area (Å²) in [4.78, 5) is 26.2. The number of anilines is 1. The van der Waals surface area contributed by atoms with Gasteiger partial charge in [-0.25, -0.2) is 0 Å².